The predicted octanol–water partition coefficient (Wildman–Crippen LogP) is 3.17. The lowest BCUT2D eigenvalue weighted by atomic mass is 9.96. The highest BCUT2D eigenvalue weighted by molar-refractivity contribution is 5.88. The molecule has 1 aromatic carbocycles. The molecule has 3 rings (SSSR count). The van der Waals surface area contributed by atoms with Crippen molar-refractivity contribution in [3.63, 3.8) is 0 Å². The fourth-order valence-electron chi connectivity index (χ4n) is 3.00. The van der Waals surface area contributed by atoms with Crippen LogP contribution in [0.4, 0.5) is 4.79 Å². The van der Waals surface area contributed by atoms with Crippen LogP contribution in [0.2, 0.25) is 0 Å². The minimum absolute atomic E-state index is 0.166. The lowest BCUT2D eigenvalue weighted by Crippen LogP contribution is -2.38. The van der Waals surface area contributed by atoms with Crippen LogP contribution >= 0.6 is 0 Å². The van der Waals surface area contributed by atoms with Crippen LogP contribution < -0.4 is 0 Å². The summed E-state index contributed by atoms with van der Waals surface area (Å²) in [6.07, 6.45) is 4.23. The zero-order chi connectivity index (χ0) is 19.1. The van der Waals surface area contributed by atoms with Crippen molar-refractivity contribution in [3.8, 4) is 0 Å². The number of nitrogens with zero attached hydrogens (tertiary/aromatic N) is 3. The summed E-state index contributed by atoms with van der Waals surface area (Å²) in [7, 11) is 0. The Labute approximate surface area is 158 Å². The topological polar surface area (TPSA) is 81.6 Å². The quantitative estimate of drug-likeness (QED) is 0.753. The zero-order valence-corrected chi connectivity index (χ0v) is 15.3. The molecular formula is C20H23N3O4. The summed E-state index contributed by atoms with van der Waals surface area (Å²) in [5, 5.41) is 0. The molecule has 1 aromatic heterocycles. The summed E-state index contributed by atoms with van der Waals surface area (Å²) >= 11 is 0. The maximum Gasteiger partial charge on any atom is 0.410 e. The Hall–Kier alpha value is -2.96. The van der Waals surface area contributed by atoms with Crippen LogP contribution in [0.25, 0.3) is 0 Å². The third-order valence-electron chi connectivity index (χ3n) is 4.51. The molecule has 1 aliphatic heterocycles. The van der Waals surface area contributed by atoms with E-state index in [4.69, 9.17) is 9.47 Å². The van der Waals surface area contributed by atoms with Crippen LogP contribution in [0.5, 0.6) is 0 Å². The van der Waals surface area contributed by atoms with Gasteiger partial charge in [-0.3, -0.25) is 0 Å². The molecule has 7 nitrogen and oxygen atoms in total. The fraction of sp³-hybridized carbons (Fsp3) is 0.400. The number of amides is 1. The highest BCUT2D eigenvalue weighted by atomic mass is 16.6. The van der Waals surface area contributed by atoms with Gasteiger partial charge in [0.05, 0.1) is 12.2 Å². The second kappa shape index (κ2) is 9.12. The lowest BCUT2D eigenvalue weighted by molar-refractivity contribution is 0.0525. The number of hydrogen-bond donors (Lipinski definition) is 0. The number of benzene rings is 1. The van der Waals surface area contributed by atoms with Gasteiger partial charge < -0.3 is 14.4 Å². The van der Waals surface area contributed by atoms with Gasteiger partial charge in [0.15, 0.2) is 0 Å². The Morgan fingerprint density at radius 1 is 1.07 bits per heavy atom. The molecule has 0 spiro atoms. The normalized spacial score (nSPS) is 14.6. The van der Waals surface area contributed by atoms with Gasteiger partial charge in [-0.25, -0.2) is 19.6 Å². The molecule has 0 radical (unpaired) electrons. The molecule has 0 aliphatic carbocycles. The van der Waals surface area contributed by atoms with Crippen molar-refractivity contribution in [1.29, 1.82) is 0 Å². The molecule has 0 atom stereocenters. The van der Waals surface area contributed by atoms with Gasteiger partial charge in [-0.1, -0.05) is 30.3 Å². The number of esters is 1. The van der Waals surface area contributed by atoms with Crippen molar-refractivity contribution < 1.29 is 19.1 Å². The third-order valence-corrected chi connectivity index (χ3v) is 4.51. The average molecular weight is 369 g/mol. The molecule has 27 heavy (non-hydrogen) atoms. The second-order valence-electron chi connectivity index (χ2n) is 6.35. The molecule has 7 heteroatoms. The van der Waals surface area contributed by atoms with Crippen LogP contribution in [0.3, 0.4) is 0 Å². The predicted molar refractivity (Wildman–Crippen MR) is 98.2 cm³/mol. The number of aromatic nitrogens is 2. The highest BCUT2D eigenvalue weighted by Gasteiger charge is 2.26. The molecule has 1 fully saturated rings. The van der Waals surface area contributed by atoms with E-state index in [1.165, 1.54) is 12.4 Å². The minimum atomic E-state index is -0.417. The first-order valence-corrected chi connectivity index (χ1v) is 9.12. The molecule has 1 amide bonds. The largest absolute Gasteiger partial charge is 0.462 e. The molecule has 0 saturated carbocycles. The smallest absolute Gasteiger partial charge is 0.410 e. The summed E-state index contributed by atoms with van der Waals surface area (Å²) in [4.78, 5) is 34.2. The highest BCUT2D eigenvalue weighted by Crippen LogP contribution is 2.25. The van der Waals surface area contributed by atoms with E-state index >= 15 is 0 Å². The number of carbonyl (C=O) groups is 2. The van der Waals surface area contributed by atoms with Gasteiger partial charge in [0, 0.05) is 31.4 Å². The number of likely N-dealkylation sites (tertiary alicyclic amines) is 1. The van der Waals surface area contributed by atoms with E-state index in [2.05, 4.69) is 9.97 Å². The first kappa shape index (κ1) is 18.8. The number of rotatable bonds is 5. The van der Waals surface area contributed by atoms with Gasteiger partial charge in [0.1, 0.15) is 12.4 Å². The van der Waals surface area contributed by atoms with Gasteiger partial charge in [0.25, 0.3) is 0 Å². The van der Waals surface area contributed by atoms with E-state index in [-0.39, 0.29) is 18.6 Å². The van der Waals surface area contributed by atoms with Crippen molar-refractivity contribution >= 4 is 12.1 Å². The van der Waals surface area contributed by atoms with Crippen LogP contribution in [-0.4, -0.2) is 46.6 Å². The Kier molecular flexibility index (Phi) is 6.35. The maximum atomic E-state index is 12.2. The summed E-state index contributed by atoms with van der Waals surface area (Å²) in [6, 6.07) is 9.62. The van der Waals surface area contributed by atoms with Crippen LogP contribution in [0.1, 0.15) is 47.4 Å². The monoisotopic (exact) mass is 369 g/mol. The van der Waals surface area contributed by atoms with Gasteiger partial charge in [-0.15, -0.1) is 0 Å². The number of ether oxygens (including phenoxy) is 2. The Morgan fingerprint density at radius 3 is 2.37 bits per heavy atom. The second-order valence-corrected chi connectivity index (χ2v) is 6.35. The van der Waals surface area contributed by atoms with Crippen molar-refractivity contribution in [2.24, 2.45) is 0 Å². The van der Waals surface area contributed by atoms with Crippen molar-refractivity contribution in [1.82, 2.24) is 14.9 Å². The van der Waals surface area contributed by atoms with E-state index in [0.29, 0.717) is 31.1 Å². The van der Waals surface area contributed by atoms with E-state index in [0.717, 1.165) is 18.4 Å². The zero-order valence-electron chi connectivity index (χ0n) is 15.3. The first-order chi connectivity index (χ1) is 13.2. The van der Waals surface area contributed by atoms with Crippen molar-refractivity contribution in [2.45, 2.75) is 32.3 Å². The van der Waals surface area contributed by atoms with Crippen LogP contribution in [0.15, 0.2) is 42.7 Å². The molecule has 0 unspecified atom stereocenters. The molecule has 1 aliphatic rings. The Bertz CT molecular complexity index is 757. The maximum absolute atomic E-state index is 12.2. The molecule has 142 valence electrons. The molecule has 1 saturated heterocycles. The summed E-state index contributed by atoms with van der Waals surface area (Å²) in [5.41, 5.74) is 1.32. The Balaban J connectivity index is 1.48. The first-order valence-electron chi connectivity index (χ1n) is 9.12. The van der Waals surface area contributed by atoms with E-state index < -0.39 is 5.97 Å². The lowest BCUT2D eigenvalue weighted by Gasteiger charge is -2.30. The molecule has 0 bridgehead atoms. The molecule has 2 heterocycles. The van der Waals surface area contributed by atoms with Crippen LogP contribution in [0, 0.1) is 0 Å². The van der Waals surface area contributed by atoms with E-state index in [9.17, 15) is 9.59 Å². The molecule has 0 N–H and O–H groups in total. The number of carbonyl (C=O) groups excluding carboxylic acids is 2. The minimum Gasteiger partial charge on any atom is -0.462 e. The standard InChI is InChI=1S/C20H23N3O4/c1-2-26-19(24)17-12-21-18(22-13-17)16-8-10-23(11-9-16)20(25)27-14-15-6-4-3-5-7-15/h3-7,12-13,16H,2,8-11,14H2,1H3. The SMILES string of the molecule is CCOC(=O)c1cnc(C2CCN(C(=O)OCc3ccccc3)CC2)nc1. The van der Waals surface area contributed by atoms with Crippen molar-refractivity contribution in [2.75, 3.05) is 19.7 Å². The summed E-state index contributed by atoms with van der Waals surface area (Å²) < 4.78 is 10.3. The summed E-state index contributed by atoms with van der Waals surface area (Å²) in [5.74, 6) is 0.444. The Morgan fingerprint density at radius 2 is 1.74 bits per heavy atom. The van der Waals surface area contributed by atoms with Gasteiger partial charge in [-0.2, -0.15) is 0 Å². The number of piperidine rings is 1. The van der Waals surface area contributed by atoms with Crippen molar-refractivity contribution in [3.05, 3.63) is 59.7 Å². The average Bonchev–Trinajstić information content (AvgIpc) is 2.73. The van der Waals surface area contributed by atoms with Gasteiger partial charge in [-0.05, 0) is 25.3 Å². The summed E-state index contributed by atoms with van der Waals surface area (Å²) in [6.45, 7) is 3.55. The van der Waals surface area contributed by atoms with E-state index in [1.54, 1.807) is 11.8 Å². The van der Waals surface area contributed by atoms with Gasteiger partial charge in [0.2, 0.25) is 0 Å². The van der Waals surface area contributed by atoms with Crippen LogP contribution in [-0.2, 0) is 16.1 Å². The fourth-order valence-corrected chi connectivity index (χ4v) is 3.00. The van der Waals surface area contributed by atoms with E-state index in [1.807, 2.05) is 30.3 Å². The molecular weight excluding hydrogens is 346 g/mol. The number of hydrogen-bond acceptors (Lipinski definition) is 6. The van der Waals surface area contributed by atoms with Gasteiger partial charge >= 0.3 is 12.1 Å². The molecule has 2 aromatic rings. The third kappa shape index (κ3) is 5.03.